The molecular formula is C27H38N2S2. The predicted molar refractivity (Wildman–Crippen MR) is 136 cm³/mol. The topological polar surface area (TPSA) is 38.0 Å². The van der Waals surface area contributed by atoms with Crippen LogP contribution in [0.15, 0.2) is 30.3 Å². The molecule has 168 valence electrons. The van der Waals surface area contributed by atoms with Gasteiger partial charge >= 0.3 is 0 Å². The van der Waals surface area contributed by atoms with Gasteiger partial charge < -0.3 is 11.1 Å². The first-order chi connectivity index (χ1) is 15.1. The van der Waals surface area contributed by atoms with Crippen molar-refractivity contribution < 1.29 is 0 Å². The van der Waals surface area contributed by atoms with E-state index in [0.29, 0.717) is 11.5 Å². The number of nitrogens with two attached hydrogens (primary N) is 1. The van der Waals surface area contributed by atoms with E-state index < -0.39 is 0 Å². The van der Waals surface area contributed by atoms with E-state index in [-0.39, 0.29) is 5.41 Å². The van der Waals surface area contributed by atoms with Crippen molar-refractivity contribution in [3.8, 4) is 0 Å². The van der Waals surface area contributed by atoms with Crippen LogP contribution in [0.3, 0.4) is 0 Å². The van der Waals surface area contributed by atoms with Crippen LogP contribution in [-0.2, 0) is 5.41 Å². The van der Waals surface area contributed by atoms with Gasteiger partial charge in [-0.25, -0.2) is 0 Å². The number of thiocarbonyl (C=S) groups is 1. The smallest absolute Gasteiger partial charge is 0.0818 e. The van der Waals surface area contributed by atoms with Gasteiger partial charge in [0.05, 0.1) is 4.99 Å². The fourth-order valence-electron chi connectivity index (χ4n) is 8.03. The van der Waals surface area contributed by atoms with Crippen molar-refractivity contribution in [1.29, 1.82) is 0 Å². The van der Waals surface area contributed by atoms with E-state index in [0.717, 1.165) is 34.8 Å². The Labute approximate surface area is 197 Å². The highest BCUT2D eigenvalue weighted by Crippen LogP contribution is 2.68. The minimum Gasteiger partial charge on any atom is -0.376 e. The van der Waals surface area contributed by atoms with E-state index in [1.807, 2.05) is 0 Å². The van der Waals surface area contributed by atoms with Crippen LogP contribution in [0.25, 0.3) is 0 Å². The predicted octanol–water partition coefficient (Wildman–Crippen LogP) is 5.83. The number of hydrogen-bond donors (Lipinski definition) is 2. The van der Waals surface area contributed by atoms with E-state index in [4.69, 9.17) is 18.0 Å². The van der Waals surface area contributed by atoms with Crippen molar-refractivity contribution in [2.75, 3.05) is 6.54 Å². The Bertz CT molecular complexity index is 796. The summed E-state index contributed by atoms with van der Waals surface area (Å²) in [5.41, 5.74) is 8.11. The fourth-order valence-corrected chi connectivity index (χ4v) is 10.1. The standard InChI is InChI=1S/C27H38N2S2/c28-16-18-6-8-22(9-7-18)29-25(30)27-14-19-12-26(17-27,21-4-2-1-3-5-21)13-20(15-27)24(19)31-23-10-11-23/h1-5,18-20,22-24H,6-17,28H2,(H,29,30)/t18-,19?,20?,22-,24?,26?,27?. The lowest BCUT2D eigenvalue weighted by Crippen LogP contribution is -2.63. The maximum atomic E-state index is 6.28. The molecule has 0 aliphatic heterocycles. The lowest BCUT2D eigenvalue weighted by Gasteiger charge is -2.65. The summed E-state index contributed by atoms with van der Waals surface area (Å²) in [5, 5.41) is 5.80. The lowest BCUT2D eigenvalue weighted by molar-refractivity contribution is -0.0298. The maximum absolute atomic E-state index is 6.28. The summed E-state index contributed by atoms with van der Waals surface area (Å²) in [6, 6.07) is 12.1. The molecule has 4 heteroatoms. The zero-order chi connectivity index (χ0) is 21.1. The quantitative estimate of drug-likeness (QED) is 0.530. The first-order valence-corrected chi connectivity index (χ1v) is 14.2. The van der Waals surface area contributed by atoms with Gasteiger partial charge in [0.15, 0.2) is 0 Å². The van der Waals surface area contributed by atoms with Crippen LogP contribution < -0.4 is 11.1 Å². The summed E-state index contributed by atoms with van der Waals surface area (Å²) in [6.45, 7) is 0.851. The number of hydrogen-bond acceptors (Lipinski definition) is 3. The summed E-state index contributed by atoms with van der Waals surface area (Å²) in [4.78, 5) is 1.23. The Morgan fingerprint density at radius 1 is 0.968 bits per heavy atom. The molecule has 0 spiro atoms. The summed E-state index contributed by atoms with van der Waals surface area (Å²) in [5.74, 6) is 2.42. The molecule has 0 heterocycles. The zero-order valence-electron chi connectivity index (χ0n) is 18.7. The van der Waals surface area contributed by atoms with Crippen molar-refractivity contribution in [1.82, 2.24) is 5.32 Å². The van der Waals surface area contributed by atoms with Crippen LogP contribution in [0.2, 0.25) is 0 Å². The van der Waals surface area contributed by atoms with Gasteiger partial charge in [0.25, 0.3) is 0 Å². The molecule has 2 nitrogen and oxygen atoms in total. The summed E-state index contributed by atoms with van der Waals surface area (Å²) >= 11 is 8.65. The molecule has 31 heavy (non-hydrogen) atoms. The molecule has 6 fully saturated rings. The third-order valence-electron chi connectivity index (χ3n) is 9.47. The van der Waals surface area contributed by atoms with Gasteiger partial charge in [-0.1, -0.05) is 42.5 Å². The van der Waals surface area contributed by atoms with Crippen molar-refractivity contribution in [2.24, 2.45) is 28.9 Å². The van der Waals surface area contributed by atoms with Crippen LogP contribution in [-0.4, -0.2) is 28.1 Å². The van der Waals surface area contributed by atoms with E-state index in [2.05, 4.69) is 47.4 Å². The van der Waals surface area contributed by atoms with E-state index >= 15 is 0 Å². The first kappa shape index (κ1) is 21.0. The van der Waals surface area contributed by atoms with Crippen molar-refractivity contribution in [2.45, 2.75) is 92.6 Å². The molecule has 1 aromatic rings. The van der Waals surface area contributed by atoms with Crippen LogP contribution in [0.1, 0.15) is 76.2 Å². The van der Waals surface area contributed by atoms with Crippen molar-refractivity contribution in [3.05, 3.63) is 35.9 Å². The zero-order valence-corrected chi connectivity index (χ0v) is 20.4. The number of rotatable bonds is 6. The van der Waals surface area contributed by atoms with Gasteiger partial charge in [-0.2, -0.15) is 11.8 Å². The molecule has 0 aromatic heterocycles. The molecule has 4 bridgehead atoms. The summed E-state index contributed by atoms with van der Waals surface area (Å²) < 4.78 is 0. The van der Waals surface area contributed by atoms with E-state index in [1.165, 1.54) is 75.6 Å². The van der Waals surface area contributed by atoms with Gasteiger partial charge in [0.2, 0.25) is 0 Å². The Morgan fingerprint density at radius 2 is 1.65 bits per heavy atom. The number of benzene rings is 1. The molecule has 2 unspecified atom stereocenters. The third-order valence-corrected chi connectivity index (χ3v) is 12.0. The summed E-state index contributed by atoms with van der Waals surface area (Å²) in [6.07, 6.45) is 14.7. The Balaban J connectivity index is 1.25. The molecule has 6 aliphatic rings. The third kappa shape index (κ3) is 3.79. The second-order valence-electron chi connectivity index (χ2n) is 11.7. The van der Waals surface area contributed by atoms with Crippen molar-refractivity contribution >= 4 is 29.0 Å². The Morgan fingerprint density at radius 3 is 2.26 bits per heavy atom. The largest absolute Gasteiger partial charge is 0.376 e. The average Bonchev–Trinajstić information content (AvgIpc) is 3.61. The highest BCUT2D eigenvalue weighted by Gasteiger charge is 2.63. The van der Waals surface area contributed by atoms with Gasteiger partial charge in [-0.15, -0.1) is 0 Å². The Kier molecular flexibility index (Phi) is 5.43. The minimum absolute atomic E-state index is 0.238. The van der Waals surface area contributed by atoms with Gasteiger partial charge in [-0.05, 0) is 106 Å². The maximum Gasteiger partial charge on any atom is 0.0818 e. The van der Waals surface area contributed by atoms with Crippen LogP contribution in [0.5, 0.6) is 0 Å². The highest BCUT2D eigenvalue weighted by molar-refractivity contribution is 8.00. The SMILES string of the molecule is NC[C@H]1CC[C@H](NC(=S)C23CC4CC(c5ccccc5)(CC(C2)C4SC2CC2)C3)CC1. The van der Waals surface area contributed by atoms with Gasteiger partial charge in [0.1, 0.15) is 0 Å². The number of thioether (sulfide) groups is 1. The molecule has 0 saturated heterocycles. The van der Waals surface area contributed by atoms with E-state index in [1.54, 1.807) is 5.56 Å². The van der Waals surface area contributed by atoms with Crippen LogP contribution in [0, 0.1) is 23.2 Å². The van der Waals surface area contributed by atoms with Gasteiger partial charge in [0, 0.05) is 22.0 Å². The fraction of sp³-hybridized carbons (Fsp3) is 0.741. The lowest BCUT2D eigenvalue weighted by atomic mass is 9.42. The molecule has 0 radical (unpaired) electrons. The molecule has 6 aliphatic carbocycles. The molecule has 3 N–H and O–H groups in total. The Hall–Kier alpha value is -0.580. The molecule has 6 saturated carbocycles. The molecular weight excluding hydrogens is 416 g/mol. The second kappa shape index (κ2) is 8.02. The van der Waals surface area contributed by atoms with Gasteiger partial charge in [-0.3, -0.25) is 0 Å². The molecule has 2 atom stereocenters. The van der Waals surface area contributed by atoms with Crippen molar-refractivity contribution in [3.63, 3.8) is 0 Å². The van der Waals surface area contributed by atoms with E-state index in [9.17, 15) is 0 Å². The van der Waals surface area contributed by atoms with Crippen LogP contribution in [0.4, 0.5) is 0 Å². The first-order valence-electron chi connectivity index (χ1n) is 12.8. The molecule has 0 amide bonds. The summed E-state index contributed by atoms with van der Waals surface area (Å²) in [7, 11) is 0. The molecule has 7 rings (SSSR count). The molecule has 1 aromatic carbocycles. The highest BCUT2D eigenvalue weighted by atomic mass is 32.2. The minimum atomic E-state index is 0.238. The normalized spacial score (nSPS) is 43.7. The monoisotopic (exact) mass is 454 g/mol. The van der Waals surface area contributed by atoms with Crippen LogP contribution >= 0.6 is 24.0 Å². The average molecular weight is 455 g/mol. The number of nitrogens with one attached hydrogen (secondary N) is 1. The second-order valence-corrected chi connectivity index (χ2v) is 13.6.